The minimum atomic E-state index is 0.170. The molecule has 16 heavy (non-hydrogen) atoms. The highest BCUT2D eigenvalue weighted by Crippen LogP contribution is 2.31. The smallest absolute Gasteiger partial charge is 0.116 e. The minimum absolute atomic E-state index is 0.170. The second kappa shape index (κ2) is 4.47. The van der Waals surface area contributed by atoms with Crippen molar-refractivity contribution in [3.8, 4) is 0 Å². The maximum absolute atomic E-state index is 5.63. The average Bonchev–Trinajstić information content (AvgIpc) is 3.03. The lowest BCUT2D eigenvalue weighted by molar-refractivity contribution is 0.102. The maximum Gasteiger partial charge on any atom is 0.116 e. The molecule has 2 aliphatic rings. The van der Waals surface area contributed by atoms with E-state index in [0.29, 0.717) is 0 Å². The van der Waals surface area contributed by atoms with Crippen molar-refractivity contribution >= 4 is 0 Å². The van der Waals surface area contributed by atoms with E-state index in [1.807, 2.05) is 6.07 Å². The molecular weight excluding hydrogens is 204 g/mol. The lowest BCUT2D eigenvalue weighted by Gasteiger charge is -2.12. The SMILES string of the molecule is c1nc(C2CCCO2)cc(C2CCCO2)n1. The topological polar surface area (TPSA) is 44.2 Å². The summed E-state index contributed by atoms with van der Waals surface area (Å²) in [5, 5.41) is 0. The minimum Gasteiger partial charge on any atom is -0.372 e. The van der Waals surface area contributed by atoms with Gasteiger partial charge in [0.25, 0.3) is 0 Å². The fourth-order valence-corrected chi connectivity index (χ4v) is 2.36. The van der Waals surface area contributed by atoms with Gasteiger partial charge < -0.3 is 9.47 Å². The Labute approximate surface area is 95.0 Å². The van der Waals surface area contributed by atoms with Gasteiger partial charge in [-0.15, -0.1) is 0 Å². The van der Waals surface area contributed by atoms with E-state index in [9.17, 15) is 0 Å². The molecular formula is C12H16N2O2. The molecule has 3 heterocycles. The van der Waals surface area contributed by atoms with Gasteiger partial charge in [0.05, 0.1) is 23.6 Å². The zero-order valence-electron chi connectivity index (χ0n) is 9.26. The molecule has 0 saturated carbocycles. The molecule has 0 aliphatic carbocycles. The van der Waals surface area contributed by atoms with Crippen LogP contribution in [0.2, 0.25) is 0 Å². The highest BCUT2D eigenvalue weighted by atomic mass is 16.5. The highest BCUT2D eigenvalue weighted by molar-refractivity contribution is 5.14. The first-order valence-corrected chi connectivity index (χ1v) is 5.98. The molecule has 2 saturated heterocycles. The average molecular weight is 220 g/mol. The second-order valence-corrected chi connectivity index (χ2v) is 4.37. The summed E-state index contributed by atoms with van der Waals surface area (Å²) >= 11 is 0. The zero-order chi connectivity index (χ0) is 10.8. The molecule has 0 aromatic carbocycles. The van der Waals surface area contributed by atoms with Crippen LogP contribution in [0.5, 0.6) is 0 Å². The second-order valence-electron chi connectivity index (χ2n) is 4.37. The van der Waals surface area contributed by atoms with Crippen molar-refractivity contribution in [1.82, 2.24) is 9.97 Å². The molecule has 1 aromatic rings. The summed E-state index contributed by atoms with van der Waals surface area (Å²) in [4.78, 5) is 8.60. The zero-order valence-corrected chi connectivity index (χ0v) is 9.26. The van der Waals surface area contributed by atoms with Gasteiger partial charge in [-0.05, 0) is 31.7 Å². The fraction of sp³-hybridized carbons (Fsp3) is 0.667. The number of nitrogens with zero attached hydrogens (tertiary/aromatic N) is 2. The molecule has 4 nitrogen and oxygen atoms in total. The van der Waals surface area contributed by atoms with E-state index >= 15 is 0 Å². The van der Waals surface area contributed by atoms with E-state index in [1.165, 1.54) is 0 Å². The van der Waals surface area contributed by atoms with Crippen molar-refractivity contribution in [3.05, 3.63) is 23.8 Å². The molecule has 2 fully saturated rings. The van der Waals surface area contributed by atoms with E-state index in [0.717, 1.165) is 50.3 Å². The molecule has 86 valence electrons. The molecule has 0 bridgehead atoms. The largest absolute Gasteiger partial charge is 0.372 e. The third-order valence-corrected chi connectivity index (χ3v) is 3.23. The standard InChI is InChI=1S/C12H16N2O2/c1-3-11(15-5-1)9-7-10(14-8-13-9)12-4-2-6-16-12/h7-8,11-12H,1-6H2. The number of hydrogen-bond acceptors (Lipinski definition) is 4. The summed E-state index contributed by atoms with van der Waals surface area (Å²) in [6.45, 7) is 1.70. The van der Waals surface area contributed by atoms with Crippen LogP contribution in [0.4, 0.5) is 0 Å². The summed E-state index contributed by atoms with van der Waals surface area (Å²) in [7, 11) is 0. The van der Waals surface area contributed by atoms with Crippen LogP contribution < -0.4 is 0 Å². The quantitative estimate of drug-likeness (QED) is 0.766. The van der Waals surface area contributed by atoms with Gasteiger partial charge >= 0.3 is 0 Å². The summed E-state index contributed by atoms with van der Waals surface area (Å²) in [6, 6.07) is 2.05. The van der Waals surface area contributed by atoms with Gasteiger partial charge in [-0.25, -0.2) is 9.97 Å². The Balaban J connectivity index is 1.81. The lowest BCUT2D eigenvalue weighted by atomic mass is 10.1. The first-order chi connectivity index (χ1) is 7.93. The molecule has 2 unspecified atom stereocenters. The van der Waals surface area contributed by atoms with Crippen LogP contribution in [-0.4, -0.2) is 23.2 Å². The van der Waals surface area contributed by atoms with Crippen LogP contribution in [0.15, 0.2) is 12.4 Å². The molecule has 0 radical (unpaired) electrons. The van der Waals surface area contributed by atoms with Crippen LogP contribution in [0.25, 0.3) is 0 Å². The van der Waals surface area contributed by atoms with Crippen LogP contribution in [0.1, 0.15) is 49.3 Å². The van der Waals surface area contributed by atoms with Gasteiger partial charge in [-0.3, -0.25) is 0 Å². The Hall–Kier alpha value is -1.00. The highest BCUT2D eigenvalue weighted by Gasteiger charge is 2.23. The number of rotatable bonds is 2. The predicted octanol–water partition coefficient (Wildman–Crippen LogP) is 2.18. The fourth-order valence-electron chi connectivity index (χ4n) is 2.36. The Kier molecular flexibility index (Phi) is 2.84. The van der Waals surface area contributed by atoms with E-state index in [2.05, 4.69) is 9.97 Å². The van der Waals surface area contributed by atoms with E-state index in [-0.39, 0.29) is 12.2 Å². The van der Waals surface area contributed by atoms with Crippen molar-refractivity contribution in [1.29, 1.82) is 0 Å². The van der Waals surface area contributed by atoms with Crippen molar-refractivity contribution in [2.45, 2.75) is 37.9 Å². The summed E-state index contributed by atoms with van der Waals surface area (Å²) in [5.74, 6) is 0. The molecule has 2 atom stereocenters. The number of hydrogen-bond donors (Lipinski definition) is 0. The first-order valence-electron chi connectivity index (χ1n) is 5.98. The van der Waals surface area contributed by atoms with Crippen LogP contribution in [0, 0.1) is 0 Å². The van der Waals surface area contributed by atoms with Crippen LogP contribution >= 0.6 is 0 Å². The normalized spacial score (nSPS) is 29.8. The molecule has 0 amide bonds. The van der Waals surface area contributed by atoms with Gasteiger partial charge in [0.15, 0.2) is 0 Å². The van der Waals surface area contributed by atoms with Gasteiger partial charge in [-0.1, -0.05) is 0 Å². The molecule has 1 aromatic heterocycles. The maximum atomic E-state index is 5.63. The lowest BCUT2D eigenvalue weighted by Crippen LogP contribution is -2.05. The number of aromatic nitrogens is 2. The monoisotopic (exact) mass is 220 g/mol. The summed E-state index contributed by atoms with van der Waals surface area (Å²) in [6.07, 6.45) is 6.37. The van der Waals surface area contributed by atoms with E-state index in [4.69, 9.17) is 9.47 Å². The Morgan fingerprint density at radius 3 is 1.94 bits per heavy atom. The van der Waals surface area contributed by atoms with E-state index in [1.54, 1.807) is 6.33 Å². The molecule has 0 spiro atoms. The Bertz CT molecular complexity index is 327. The number of ether oxygens (including phenoxy) is 2. The Morgan fingerprint density at radius 2 is 1.50 bits per heavy atom. The van der Waals surface area contributed by atoms with Gasteiger partial charge in [-0.2, -0.15) is 0 Å². The van der Waals surface area contributed by atoms with Crippen molar-refractivity contribution < 1.29 is 9.47 Å². The predicted molar refractivity (Wildman–Crippen MR) is 57.9 cm³/mol. The van der Waals surface area contributed by atoms with E-state index < -0.39 is 0 Å². The van der Waals surface area contributed by atoms with Crippen LogP contribution in [0.3, 0.4) is 0 Å². The summed E-state index contributed by atoms with van der Waals surface area (Å²) in [5.41, 5.74) is 2.02. The third kappa shape index (κ3) is 1.95. The van der Waals surface area contributed by atoms with Gasteiger partial charge in [0, 0.05) is 13.2 Å². The van der Waals surface area contributed by atoms with Crippen molar-refractivity contribution in [2.24, 2.45) is 0 Å². The van der Waals surface area contributed by atoms with Gasteiger partial charge in [0.2, 0.25) is 0 Å². The molecule has 3 rings (SSSR count). The molecule has 4 heteroatoms. The summed E-state index contributed by atoms with van der Waals surface area (Å²) < 4.78 is 11.3. The molecule has 2 aliphatic heterocycles. The first kappa shape index (κ1) is 10.2. The van der Waals surface area contributed by atoms with Gasteiger partial charge in [0.1, 0.15) is 6.33 Å². The van der Waals surface area contributed by atoms with Crippen molar-refractivity contribution in [3.63, 3.8) is 0 Å². The molecule has 0 N–H and O–H groups in total. The Morgan fingerprint density at radius 1 is 0.938 bits per heavy atom. The third-order valence-electron chi connectivity index (χ3n) is 3.23. The van der Waals surface area contributed by atoms with Crippen LogP contribution in [-0.2, 0) is 9.47 Å². The van der Waals surface area contributed by atoms with Crippen molar-refractivity contribution in [2.75, 3.05) is 13.2 Å².